The minimum Gasteiger partial charge on any atom is -0.337 e. The third kappa shape index (κ3) is 2.33. The second-order valence-corrected chi connectivity index (χ2v) is 2.94. The van der Waals surface area contributed by atoms with Gasteiger partial charge in [-0.05, 0) is 6.42 Å². The van der Waals surface area contributed by atoms with E-state index in [9.17, 15) is 0 Å². The second kappa shape index (κ2) is 4.68. The molecule has 3 heteroatoms. The summed E-state index contributed by atoms with van der Waals surface area (Å²) in [5.74, 6) is 3.61. The maximum atomic E-state index is 5.18. The predicted octanol–water partition coefficient (Wildman–Crippen LogP) is 1.09. The quantitative estimate of drug-likeness (QED) is 0.698. The summed E-state index contributed by atoms with van der Waals surface area (Å²) in [5, 5.41) is 3.24. The van der Waals surface area contributed by atoms with E-state index in [1.54, 1.807) is 6.20 Å². The fourth-order valence-electron chi connectivity index (χ4n) is 1.31. The highest BCUT2D eigenvalue weighted by Crippen LogP contribution is 2.12. The van der Waals surface area contributed by atoms with Crippen molar-refractivity contribution < 1.29 is 0 Å². The van der Waals surface area contributed by atoms with Gasteiger partial charge < -0.3 is 4.57 Å². The van der Waals surface area contributed by atoms with Gasteiger partial charge in [0, 0.05) is 19.4 Å². The van der Waals surface area contributed by atoms with Crippen molar-refractivity contribution >= 4 is 0 Å². The van der Waals surface area contributed by atoms with Gasteiger partial charge in [0.25, 0.3) is 0 Å². The minimum atomic E-state index is 0.260. The van der Waals surface area contributed by atoms with Crippen LogP contribution < -0.4 is 5.32 Å². The molecule has 0 amide bonds. The molecule has 1 unspecified atom stereocenters. The van der Waals surface area contributed by atoms with Crippen LogP contribution in [0.3, 0.4) is 0 Å². The fraction of sp³-hybridized carbons (Fsp3) is 0.500. The van der Waals surface area contributed by atoms with Crippen LogP contribution in [0.5, 0.6) is 0 Å². The van der Waals surface area contributed by atoms with Crippen molar-refractivity contribution in [3.05, 3.63) is 18.2 Å². The van der Waals surface area contributed by atoms with Crippen LogP contribution in [0.2, 0.25) is 0 Å². The Morgan fingerprint density at radius 1 is 1.77 bits per heavy atom. The smallest absolute Gasteiger partial charge is 0.125 e. The first-order valence-corrected chi connectivity index (χ1v) is 4.43. The largest absolute Gasteiger partial charge is 0.337 e. The molecule has 0 saturated carbocycles. The van der Waals surface area contributed by atoms with E-state index < -0.39 is 0 Å². The van der Waals surface area contributed by atoms with Crippen molar-refractivity contribution in [2.24, 2.45) is 7.05 Å². The monoisotopic (exact) mass is 177 g/mol. The number of hydrogen-bond acceptors (Lipinski definition) is 2. The van der Waals surface area contributed by atoms with E-state index in [1.165, 1.54) is 0 Å². The lowest BCUT2D eigenvalue weighted by Crippen LogP contribution is -2.23. The zero-order valence-corrected chi connectivity index (χ0v) is 8.12. The molecule has 0 spiro atoms. The van der Waals surface area contributed by atoms with E-state index in [0.717, 1.165) is 12.2 Å². The van der Waals surface area contributed by atoms with Gasteiger partial charge in [0.05, 0.1) is 12.6 Å². The Labute approximate surface area is 79.2 Å². The van der Waals surface area contributed by atoms with Gasteiger partial charge in [0.2, 0.25) is 0 Å². The molecule has 3 nitrogen and oxygen atoms in total. The molecule has 0 bridgehead atoms. The van der Waals surface area contributed by atoms with Crippen LogP contribution in [0.15, 0.2) is 12.4 Å². The second-order valence-electron chi connectivity index (χ2n) is 2.94. The highest BCUT2D eigenvalue weighted by atomic mass is 15.1. The lowest BCUT2D eigenvalue weighted by molar-refractivity contribution is 0.510. The Morgan fingerprint density at radius 3 is 3.00 bits per heavy atom. The number of terminal acetylenes is 1. The number of rotatable bonds is 4. The molecule has 0 fully saturated rings. The standard InChI is InChI=1S/C10H15N3/c1-4-6-11-9(5-2)10-12-7-8-13(10)3/h1,7-9,11H,5-6H2,2-3H3. The Hall–Kier alpha value is -1.27. The first-order chi connectivity index (χ1) is 6.29. The van der Waals surface area contributed by atoms with Crippen molar-refractivity contribution in [1.82, 2.24) is 14.9 Å². The van der Waals surface area contributed by atoms with Crippen LogP contribution >= 0.6 is 0 Å². The molecule has 0 aliphatic heterocycles. The highest BCUT2D eigenvalue weighted by molar-refractivity contribution is 5.00. The summed E-state index contributed by atoms with van der Waals surface area (Å²) in [5.41, 5.74) is 0. The number of aryl methyl sites for hydroxylation is 1. The first kappa shape index (κ1) is 9.82. The number of nitrogens with zero attached hydrogens (tertiary/aromatic N) is 2. The number of hydrogen-bond donors (Lipinski definition) is 1. The van der Waals surface area contributed by atoms with E-state index in [2.05, 4.69) is 23.1 Å². The van der Waals surface area contributed by atoms with Gasteiger partial charge in [-0.3, -0.25) is 5.32 Å². The van der Waals surface area contributed by atoms with E-state index >= 15 is 0 Å². The molecule has 1 aromatic rings. The van der Waals surface area contributed by atoms with Crippen LogP contribution in [0.1, 0.15) is 25.2 Å². The molecule has 1 aromatic heterocycles. The van der Waals surface area contributed by atoms with E-state index in [-0.39, 0.29) is 6.04 Å². The first-order valence-electron chi connectivity index (χ1n) is 4.43. The van der Waals surface area contributed by atoms with Crippen molar-refractivity contribution in [3.8, 4) is 12.3 Å². The van der Waals surface area contributed by atoms with E-state index in [1.807, 2.05) is 17.8 Å². The summed E-state index contributed by atoms with van der Waals surface area (Å²) >= 11 is 0. The van der Waals surface area contributed by atoms with Crippen molar-refractivity contribution in [1.29, 1.82) is 0 Å². The molecule has 70 valence electrons. The van der Waals surface area contributed by atoms with Crippen LogP contribution in [-0.2, 0) is 7.05 Å². The van der Waals surface area contributed by atoms with Gasteiger partial charge in [-0.1, -0.05) is 12.8 Å². The molecule has 13 heavy (non-hydrogen) atoms. The minimum absolute atomic E-state index is 0.260. The van der Waals surface area contributed by atoms with Gasteiger partial charge in [-0.15, -0.1) is 6.42 Å². The molecule has 0 aliphatic rings. The average molecular weight is 177 g/mol. The molecule has 1 heterocycles. The normalized spacial score (nSPS) is 12.4. The van der Waals surface area contributed by atoms with Crippen LogP contribution in [0.25, 0.3) is 0 Å². The topological polar surface area (TPSA) is 29.9 Å². The molecule has 1 rings (SSSR count). The van der Waals surface area contributed by atoms with Crippen LogP contribution in [0, 0.1) is 12.3 Å². The molecule has 0 saturated heterocycles. The van der Waals surface area contributed by atoms with Gasteiger partial charge in [-0.25, -0.2) is 4.98 Å². The van der Waals surface area contributed by atoms with Gasteiger partial charge in [0.1, 0.15) is 5.82 Å². The number of imidazole rings is 1. The molecule has 1 atom stereocenters. The zero-order chi connectivity index (χ0) is 9.68. The Balaban J connectivity index is 2.68. The average Bonchev–Trinajstić information content (AvgIpc) is 2.54. The maximum absolute atomic E-state index is 5.18. The van der Waals surface area contributed by atoms with Crippen molar-refractivity contribution in [2.45, 2.75) is 19.4 Å². The van der Waals surface area contributed by atoms with Crippen LogP contribution in [-0.4, -0.2) is 16.1 Å². The van der Waals surface area contributed by atoms with E-state index in [0.29, 0.717) is 6.54 Å². The molecule has 0 radical (unpaired) electrons. The summed E-state index contributed by atoms with van der Waals surface area (Å²) in [6.45, 7) is 2.70. The van der Waals surface area contributed by atoms with Crippen molar-refractivity contribution in [2.75, 3.05) is 6.54 Å². The van der Waals surface area contributed by atoms with E-state index in [4.69, 9.17) is 6.42 Å². The number of nitrogens with one attached hydrogen (secondary N) is 1. The lowest BCUT2D eigenvalue weighted by atomic mass is 10.2. The predicted molar refractivity (Wildman–Crippen MR) is 53.1 cm³/mol. The summed E-state index contributed by atoms with van der Waals surface area (Å²) in [7, 11) is 1.99. The molecular weight excluding hydrogens is 162 g/mol. The third-order valence-electron chi connectivity index (χ3n) is 2.03. The Kier molecular flexibility index (Phi) is 3.53. The third-order valence-corrected chi connectivity index (χ3v) is 2.03. The van der Waals surface area contributed by atoms with Gasteiger partial charge >= 0.3 is 0 Å². The van der Waals surface area contributed by atoms with Gasteiger partial charge in [-0.2, -0.15) is 0 Å². The maximum Gasteiger partial charge on any atom is 0.125 e. The van der Waals surface area contributed by atoms with Gasteiger partial charge in [0.15, 0.2) is 0 Å². The van der Waals surface area contributed by atoms with Crippen LogP contribution in [0.4, 0.5) is 0 Å². The molecule has 0 aliphatic carbocycles. The molecule has 0 aromatic carbocycles. The lowest BCUT2D eigenvalue weighted by Gasteiger charge is -2.14. The SMILES string of the molecule is C#CCNC(CC)c1nccn1C. The molecule has 1 N–H and O–H groups in total. The van der Waals surface area contributed by atoms with Crippen molar-refractivity contribution in [3.63, 3.8) is 0 Å². The summed E-state index contributed by atoms with van der Waals surface area (Å²) in [4.78, 5) is 4.27. The Bertz CT molecular complexity index is 295. The highest BCUT2D eigenvalue weighted by Gasteiger charge is 2.11. The fourth-order valence-corrected chi connectivity index (χ4v) is 1.31. The zero-order valence-electron chi connectivity index (χ0n) is 8.12. The summed E-state index contributed by atoms with van der Waals surface area (Å²) < 4.78 is 2.01. The molecular formula is C10H15N3. The summed E-state index contributed by atoms with van der Waals surface area (Å²) in [6.07, 6.45) is 9.92. The summed E-state index contributed by atoms with van der Waals surface area (Å²) in [6, 6.07) is 0.260. The Morgan fingerprint density at radius 2 is 2.54 bits per heavy atom. The number of aromatic nitrogens is 2.